The highest BCUT2D eigenvalue weighted by molar-refractivity contribution is 5.79. The van der Waals surface area contributed by atoms with Crippen molar-refractivity contribution in [1.29, 1.82) is 0 Å². The zero-order chi connectivity index (χ0) is 30.2. The van der Waals surface area contributed by atoms with E-state index in [0.717, 1.165) is 44.2 Å². The molecule has 11 nitrogen and oxygen atoms in total. The number of amides is 2. The second-order valence-electron chi connectivity index (χ2n) is 11.9. The Labute approximate surface area is 249 Å². The maximum absolute atomic E-state index is 13.8. The topological polar surface area (TPSA) is 112 Å². The third kappa shape index (κ3) is 7.66. The quantitative estimate of drug-likeness (QED) is 0.291. The monoisotopic (exact) mass is 588 g/mol. The molecule has 0 aliphatic carbocycles. The average Bonchev–Trinajstić information content (AvgIpc) is 3.69. The summed E-state index contributed by atoms with van der Waals surface area (Å²) in [6.45, 7) is 6.30. The lowest BCUT2D eigenvalue weighted by atomic mass is 9.84. The zero-order valence-corrected chi connectivity index (χ0v) is 25.7. The minimum absolute atomic E-state index is 0.0311. The molecule has 3 heterocycles. The fourth-order valence-electron chi connectivity index (χ4n) is 6.50. The molecule has 0 saturated carbocycles. The third-order valence-electron chi connectivity index (χ3n) is 8.76. The molecule has 11 heteroatoms. The number of carbonyl (C=O) groups is 3. The molecule has 0 radical (unpaired) electrons. The highest BCUT2D eigenvalue weighted by Crippen LogP contribution is 2.47. The van der Waals surface area contributed by atoms with Gasteiger partial charge in [-0.15, -0.1) is 0 Å². The second-order valence-corrected chi connectivity index (χ2v) is 11.9. The van der Waals surface area contributed by atoms with E-state index >= 15 is 0 Å². The third-order valence-corrected chi connectivity index (χ3v) is 8.76. The van der Waals surface area contributed by atoms with E-state index in [0.29, 0.717) is 62.8 Å². The van der Waals surface area contributed by atoms with Crippen LogP contribution in [0.3, 0.4) is 0 Å². The minimum Gasteiger partial charge on any atom is -0.493 e. The summed E-state index contributed by atoms with van der Waals surface area (Å²) in [7, 11) is 5.65. The van der Waals surface area contributed by atoms with Gasteiger partial charge < -0.3 is 34.0 Å². The Balaban J connectivity index is 1.58. The molecule has 1 N–H and O–H groups in total. The van der Waals surface area contributed by atoms with E-state index in [1.54, 1.807) is 7.11 Å². The van der Waals surface area contributed by atoms with Gasteiger partial charge in [-0.3, -0.25) is 19.3 Å². The fourth-order valence-corrected chi connectivity index (χ4v) is 6.50. The lowest BCUT2D eigenvalue weighted by molar-refractivity contribution is -0.144. The minimum atomic E-state index is -0.907. The van der Waals surface area contributed by atoms with Crippen LogP contribution in [0, 0.1) is 5.92 Å². The number of carboxylic acids is 1. The Morgan fingerprint density at radius 2 is 1.88 bits per heavy atom. The number of carboxylic acid groups (broad SMARTS) is 1. The van der Waals surface area contributed by atoms with Crippen molar-refractivity contribution in [3.05, 3.63) is 17.7 Å². The molecule has 2 saturated heterocycles. The van der Waals surface area contributed by atoms with Gasteiger partial charge >= 0.3 is 5.97 Å². The summed E-state index contributed by atoms with van der Waals surface area (Å²) in [5.41, 5.74) is 0.784. The molecule has 3 aliphatic heterocycles. The number of unbranched alkanes of at least 4 members (excludes halogenated alkanes) is 2. The van der Waals surface area contributed by atoms with Gasteiger partial charge in [0.25, 0.3) is 0 Å². The van der Waals surface area contributed by atoms with E-state index in [1.807, 2.05) is 40.9 Å². The van der Waals surface area contributed by atoms with E-state index in [-0.39, 0.29) is 31.1 Å². The Bertz CT molecular complexity index is 1100. The Morgan fingerprint density at radius 3 is 2.55 bits per heavy atom. The van der Waals surface area contributed by atoms with Crippen molar-refractivity contribution < 1.29 is 33.7 Å². The molecule has 0 aromatic heterocycles. The first-order valence-electron chi connectivity index (χ1n) is 15.4. The highest BCUT2D eigenvalue weighted by Gasteiger charge is 2.48. The number of nitrogens with zero attached hydrogens (tertiary/aromatic N) is 4. The SMILES string of the molecule is CCCCN(CCCCN(C)C)C(=O)CN1CC(c2cc(OC)c3c(c2)OCO3)C(C(=O)O)C1CCN1CCCC1=O. The number of benzene rings is 1. The van der Waals surface area contributed by atoms with Gasteiger partial charge in [0.1, 0.15) is 0 Å². The number of hydrogen-bond donors (Lipinski definition) is 1. The van der Waals surface area contributed by atoms with Gasteiger partial charge in [0.2, 0.25) is 24.4 Å². The Morgan fingerprint density at radius 1 is 1.12 bits per heavy atom. The molecule has 234 valence electrons. The smallest absolute Gasteiger partial charge is 0.308 e. The van der Waals surface area contributed by atoms with Gasteiger partial charge in [0.05, 0.1) is 19.6 Å². The van der Waals surface area contributed by atoms with Gasteiger partial charge in [0.15, 0.2) is 11.5 Å². The molecule has 1 aromatic carbocycles. The molecule has 4 rings (SSSR count). The standard InChI is InChI=1S/C31H48N4O7/c1-5-6-13-33(14-8-7-12-32(2)3)28(37)20-35-19-23(22-17-25(40-4)30-26(18-22)41-21-42-30)29(31(38)39)24(35)11-16-34-15-9-10-27(34)36/h17-18,23-24,29H,5-16,19-21H2,1-4H3,(H,38,39). The largest absolute Gasteiger partial charge is 0.493 e. The average molecular weight is 589 g/mol. The van der Waals surface area contributed by atoms with Gasteiger partial charge in [-0.1, -0.05) is 13.3 Å². The molecule has 2 amide bonds. The second kappa shape index (κ2) is 14.9. The van der Waals surface area contributed by atoms with Crippen molar-refractivity contribution in [3.8, 4) is 17.2 Å². The highest BCUT2D eigenvalue weighted by atomic mass is 16.7. The molecular formula is C31H48N4O7. The zero-order valence-electron chi connectivity index (χ0n) is 25.7. The molecular weight excluding hydrogens is 540 g/mol. The molecule has 2 fully saturated rings. The van der Waals surface area contributed by atoms with Crippen LogP contribution in [0.4, 0.5) is 0 Å². The molecule has 3 unspecified atom stereocenters. The van der Waals surface area contributed by atoms with Gasteiger partial charge in [0, 0.05) is 51.1 Å². The summed E-state index contributed by atoms with van der Waals surface area (Å²) >= 11 is 0. The first kappa shape index (κ1) is 31.9. The number of ether oxygens (including phenoxy) is 3. The van der Waals surface area contributed by atoms with Crippen LogP contribution in [0.1, 0.15) is 63.4 Å². The summed E-state index contributed by atoms with van der Waals surface area (Å²) in [6, 6.07) is 3.28. The number of likely N-dealkylation sites (tertiary alicyclic amines) is 2. The number of rotatable bonds is 16. The van der Waals surface area contributed by atoms with E-state index < -0.39 is 17.9 Å². The molecule has 3 aliphatic rings. The lowest BCUT2D eigenvalue weighted by Gasteiger charge is -2.31. The van der Waals surface area contributed by atoms with Crippen LogP contribution in [0.2, 0.25) is 0 Å². The molecule has 42 heavy (non-hydrogen) atoms. The summed E-state index contributed by atoms with van der Waals surface area (Å²) < 4.78 is 16.8. The fraction of sp³-hybridized carbons (Fsp3) is 0.710. The van der Waals surface area contributed by atoms with Crippen LogP contribution in [0.5, 0.6) is 17.2 Å². The summed E-state index contributed by atoms with van der Waals surface area (Å²) in [5.74, 6) is -0.357. The number of aliphatic carboxylic acids is 1. The first-order valence-corrected chi connectivity index (χ1v) is 15.4. The maximum atomic E-state index is 13.8. The van der Waals surface area contributed by atoms with Crippen molar-refractivity contribution in [3.63, 3.8) is 0 Å². The summed E-state index contributed by atoms with van der Waals surface area (Å²) in [5, 5.41) is 10.6. The number of methoxy groups -OCH3 is 1. The van der Waals surface area contributed by atoms with Crippen LogP contribution >= 0.6 is 0 Å². The van der Waals surface area contributed by atoms with Gasteiger partial charge in [-0.25, -0.2) is 0 Å². The number of hydrogen-bond acceptors (Lipinski definition) is 8. The van der Waals surface area contributed by atoms with Crippen molar-refractivity contribution in [2.75, 3.05) is 73.8 Å². The van der Waals surface area contributed by atoms with Crippen molar-refractivity contribution >= 4 is 17.8 Å². The first-order chi connectivity index (χ1) is 20.2. The van der Waals surface area contributed by atoms with Crippen LogP contribution < -0.4 is 14.2 Å². The van der Waals surface area contributed by atoms with Crippen LogP contribution in [0.25, 0.3) is 0 Å². The lowest BCUT2D eigenvalue weighted by Crippen LogP contribution is -2.45. The van der Waals surface area contributed by atoms with E-state index in [2.05, 4.69) is 11.8 Å². The summed E-state index contributed by atoms with van der Waals surface area (Å²) in [4.78, 5) is 47.0. The van der Waals surface area contributed by atoms with E-state index in [1.165, 1.54) is 0 Å². The molecule has 3 atom stereocenters. The number of fused-ring (bicyclic) bond motifs is 1. The van der Waals surface area contributed by atoms with Crippen molar-refractivity contribution in [2.24, 2.45) is 5.92 Å². The van der Waals surface area contributed by atoms with E-state index in [4.69, 9.17) is 14.2 Å². The Kier molecular flexibility index (Phi) is 11.3. The molecule has 0 spiro atoms. The van der Waals surface area contributed by atoms with Crippen LogP contribution in [-0.2, 0) is 14.4 Å². The van der Waals surface area contributed by atoms with Gasteiger partial charge in [-0.2, -0.15) is 0 Å². The molecule has 1 aromatic rings. The van der Waals surface area contributed by atoms with Crippen molar-refractivity contribution in [2.45, 2.75) is 63.8 Å². The number of carbonyl (C=O) groups excluding carboxylic acids is 2. The van der Waals surface area contributed by atoms with Crippen LogP contribution in [0.15, 0.2) is 12.1 Å². The maximum Gasteiger partial charge on any atom is 0.308 e. The normalized spacial score (nSPS) is 21.9. The summed E-state index contributed by atoms with van der Waals surface area (Å²) in [6.07, 6.45) is 5.71. The predicted molar refractivity (Wildman–Crippen MR) is 158 cm³/mol. The Hall–Kier alpha value is -3.05. The van der Waals surface area contributed by atoms with Crippen LogP contribution in [-0.4, -0.2) is 122 Å². The van der Waals surface area contributed by atoms with Crippen molar-refractivity contribution in [1.82, 2.24) is 19.6 Å². The van der Waals surface area contributed by atoms with Gasteiger partial charge in [-0.05, 0) is 70.4 Å². The van der Waals surface area contributed by atoms with E-state index in [9.17, 15) is 19.5 Å². The predicted octanol–water partition coefficient (Wildman–Crippen LogP) is 2.88. The molecule has 0 bridgehead atoms.